The van der Waals surface area contributed by atoms with Crippen molar-refractivity contribution in [1.82, 2.24) is 5.32 Å². The molecule has 1 aromatic rings. The second-order valence-electron chi connectivity index (χ2n) is 3.76. The van der Waals surface area contributed by atoms with Crippen LogP contribution in [0.5, 0.6) is 0 Å². The van der Waals surface area contributed by atoms with Crippen molar-refractivity contribution < 1.29 is 4.39 Å². The van der Waals surface area contributed by atoms with Crippen molar-refractivity contribution in [2.45, 2.75) is 25.3 Å². The minimum absolute atomic E-state index is 0.0897. The molecule has 15 heavy (non-hydrogen) atoms. The van der Waals surface area contributed by atoms with Gasteiger partial charge in [0.15, 0.2) is 0 Å². The maximum atomic E-state index is 13.7. The summed E-state index contributed by atoms with van der Waals surface area (Å²) < 4.78 is 14.4. The predicted molar refractivity (Wildman–Crippen MR) is 63.7 cm³/mol. The molecular formula is C11H12BrClFN. The standard InChI is InChI=1S/C11H12BrClFN/c12-11-7(13)4-5-8(14)10(11)9-3-1-2-6-15-9/h4-5,9,15H,1-3,6H2. The second kappa shape index (κ2) is 4.81. The van der Waals surface area contributed by atoms with Gasteiger partial charge in [0.1, 0.15) is 5.82 Å². The number of piperidine rings is 1. The van der Waals surface area contributed by atoms with Crippen molar-refractivity contribution >= 4 is 27.5 Å². The molecule has 0 aliphatic carbocycles. The molecule has 1 fully saturated rings. The lowest BCUT2D eigenvalue weighted by atomic mass is 9.97. The van der Waals surface area contributed by atoms with Crippen molar-refractivity contribution in [3.8, 4) is 0 Å². The molecule has 0 radical (unpaired) electrons. The van der Waals surface area contributed by atoms with Gasteiger partial charge in [0, 0.05) is 16.1 Å². The van der Waals surface area contributed by atoms with Crippen LogP contribution in [-0.4, -0.2) is 6.54 Å². The number of halogens is 3. The predicted octanol–water partition coefficient (Wildman–Crippen LogP) is 4.06. The molecule has 1 aliphatic heterocycles. The summed E-state index contributed by atoms with van der Waals surface area (Å²) in [5.74, 6) is -0.189. The first-order valence-electron chi connectivity index (χ1n) is 5.07. The van der Waals surface area contributed by atoms with Crippen LogP contribution in [0.15, 0.2) is 16.6 Å². The van der Waals surface area contributed by atoms with Crippen LogP contribution >= 0.6 is 27.5 Å². The third-order valence-corrected chi connectivity index (χ3v) is 4.14. The minimum Gasteiger partial charge on any atom is -0.310 e. The Morgan fingerprint density at radius 3 is 2.87 bits per heavy atom. The summed E-state index contributed by atoms with van der Waals surface area (Å²) in [6.45, 7) is 0.947. The summed E-state index contributed by atoms with van der Waals surface area (Å²) in [6, 6.07) is 3.10. The molecule has 1 saturated heterocycles. The summed E-state index contributed by atoms with van der Waals surface area (Å²) in [6.07, 6.45) is 3.27. The highest BCUT2D eigenvalue weighted by atomic mass is 79.9. The first-order valence-corrected chi connectivity index (χ1v) is 6.24. The van der Waals surface area contributed by atoms with E-state index in [0.717, 1.165) is 25.8 Å². The molecule has 0 amide bonds. The Morgan fingerprint density at radius 2 is 2.20 bits per heavy atom. The van der Waals surface area contributed by atoms with Gasteiger partial charge in [-0.1, -0.05) is 18.0 Å². The average Bonchev–Trinajstić information content (AvgIpc) is 2.26. The summed E-state index contributed by atoms with van der Waals surface area (Å²) in [5.41, 5.74) is 0.669. The van der Waals surface area contributed by atoms with Crippen LogP contribution in [0.4, 0.5) is 4.39 Å². The van der Waals surface area contributed by atoms with Gasteiger partial charge in [0.25, 0.3) is 0 Å². The smallest absolute Gasteiger partial charge is 0.129 e. The molecule has 1 nitrogen and oxygen atoms in total. The first-order chi connectivity index (χ1) is 7.20. The van der Waals surface area contributed by atoms with Crippen LogP contribution in [0.2, 0.25) is 5.02 Å². The molecule has 1 unspecified atom stereocenters. The minimum atomic E-state index is -0.189. The maximum Gasteiger partial charge on any atom is 0.129 e. The zero-order chi connectivity index (χ0) is 10.8. The van der Waals surface area contributed by atoms with Gasteiger partial charge in [0.05, 0.1) is 5.02 Å². The average molecular weight is 293 g/mol. The Bertz CT molecular complexity index is 364. The number of benzene rings is 1. The Labute approximate surface area is 102 Å². The van der Waals surface area contributed by atoms with E-state index < -0.39 is 0 Å². The highest BCUT2D eigenvalue weighted by Crippen LogP contribution is 2.35. The lowest BCUT2D eigenvalue weighted by Gasteiger charge is -2.25. The fourth-order valence-electron chi connectivity index (χ4n) is 1.96. The van der Waals surface area contributed by atoms with Gasteiger partial charge in [-0.25, -0.2) is 4.39 Å². The van der Waals surface area contributed by atoms with Crippen LogP contribution < -0.4 is 5.32 Å². The molecule has 0 bridgehead atoms. The van der Waals surface area contributed by atoms with E-state index in [2.05, 4.69) is 21.2 Å². The summed E-state index contributed by atoms with van der Waals surface area (Å²) >= 11 is 9.32. The zero-order valence-corrected chi connectivity index (χ0v) is 10.5. The van der Waals surface area contributed by atoms with Crippen molar-refractivity contribution in [2.24, 2.45) is 0 Å². The normalized spacial score (nSPS) is 21.7. The van der Waals surface area contributed by atoms with Gasteiger partial charge in [-0.2, -0.15) is 0 Å². The number of hydrogen-bond donors (Lipinski definition) is 1. The zero-order valence-electron chi connectivity index (χ0n) is 8.19. The second-order valence-corrected chi connectivity index (χ2v) is 4.96. The topological polar surface area (TPSA) is 12.0 Å². The van der Waals surface area contributed by atoms with Crippen LogP contribution in [0.1, 0.15) is 30.9 Å². The SMILES string of the molecule is Fc1ccc(Cl)c(Br)c1C1CCCCN1. The highest BCUT2D eigenvalue weighted by Gasteiger charge is 2.21. The lowest BCUT2D eigenvalue weighted by Crippen LogP contribution is -2.27. The molecule has 1 N–H and O–H groups in total. The lowest BCUT2D eigenvalue weighted by molar-refractivity contribution is 0.398. The van der Waals surface area contributed by atoms with Crippen LogP contribution in [-0.2, 0) is 0 Å². The van der Waals surface area contributed by atoms with E-state index in [9.17, 15) is 4.39 Å². The quantitative estimate of drug-likeness (QED) is 0.770. The molecule has 4 heteroatoms. The molecule has 82 valence electrons. The Hall–Kier alpha value is -0.120. The third kappa shape index (κ3) is 2.35. The molecule has 1 aliphatic rings. The Balaban J connectivity index is 2.36. The van der Waals surface area contributed by atoms with E-state index in [-0.39, 0.29) is 11.9 Å². The number of nitrogens with one attached hydrogen (secondary N) is 1. The Kier molecular flexibility index (Phi) is 3.65. The van der Waals surface area contributed by atoms with E-state index >= 15 is 0 Å². The maximum absolute atomic E-state index is 13.7. The van der Waals surface area contributed by atoms with Crippen molar-refractivity contribution in [1.29, 1.82) is 0 Å². The molecule has 0 aromatic heterocycles. The third-order valence-electron chi connectivity index (χ3n) is 2.74. The first kappa shape index (κ1) is 11.4. The molecule has 1 atom stereocenters. The highest BCUT2D eigenvalue weighted by molar-refractivity contribution is 9.10. The molecule has 1 heterocycles. The molecule has 0 spiro atoms. The van der Waals surface area contributed by atoms with E-state index in [1.807, 2.05) is 0 Å². The summed E-state index contributed by atoms with van der Waals surface area (Å²) in [4.78, 5) is 0. The molecule has 0 saturated carbocycles. The summed E-state index contributed by atoms with van der Waals surface area (Å²) in [7, 11) is 0. The van der Waals surface area contributed by atoms with Gasteiger partial charge in [-0.15, -0.1) is 0 Å². The van der Waals surface area contributed by atoms with Gasteiger partial charge >= 0.3 is 0 Å². The number of rotatable bonds is 1. The van der Waals surface area contributed by atoms with E-state index in [0.29, 0.717) is 15.1 Å². The molecule has 2 rings (SSSR count). The van der Waals surface area contributed by atoms with Crippen LogP contribution in [0.3, 0.4) is 0 Å². The van der Waals surface area contributed by atoms with E-state index in [1.54, 1.807) is 6.07 Å². The van der Waals surface area contributed by atoms with Gasteiger partial charge in [-0.3, -0.25) is 0 Å². The molecule has 1 aromatic carbocycles. The largest absolute Gasteiger partial charge is 0.310 e. The number of hydrogen-bond acceptors (Lipinski definition) is 1. The van der Waals surface area contributed by atoms with Crippen molar-refractivity contribution in [3.05, 3.63) is 33.0 Å². The van der Waals surface area contributed by atoms with E-state index in [1.165, 1.54) is 6.07 Å². The van der Waals surface area contributed by atoms with Crippen molar-refractivity contribution in [3.63, 3.8) is 0 Å². The fraction of sp³-hybridized carbons (Fsp3) is 0.455. The van der Waals surface area contributed by atoms with Crippen LogP contribution in [0.25, 0.3) is 0 Å². The fourth-order valence-corrected chi connectivity index (χ4v) is 2.72. The Morgan fingerprint density at radius 1 is 1.40 bits per heavy atom. The van der Waals surface area contributed by atoms with Gasteiger partial charge in [-0.05, 0) is 47.4 Å². The van der Waals surface area contributed by atoms with E-state index in [4.69, 9.17) is 11.6 Å². The summed E-state index contributed by atoms with van der Waals surface area (Å²) in [5, 5.41) is 3.88. The molecular weight excluding hydrogens is 280 g/mol. The van der Waals surface area contributed by atoms with Crippen molar-refractivity contribution in [2.75, 3.05) is 6.54 Å². The monoisotopic (exact) mass is 291 g/mol. The van der Waals surface area contributed by atoms with Gasteiger partial charge in [0.2, 0.25) is 0 Å². The van der Waals surface area contributed by atoms with Crippen LogP contribution in [0, 0.1) is 5.82 Å². The van der Waals surface area contributed by atoms with Gasteiger partial charge < -0.3 is 5.32 Å².